The van der Waals surface area contributed by atoms with Gasteiger partial charge in [-0.1, -0.05) is 0 Å². The van der Waals surface area contributed by atoms with Gasteiger partial charge in [0.1, 0.15) is 17.7 Å². The summed E-state index contributed by atoms with van der Waals surface area (Å²) in [6.07, 6.45) is 0.767. The minimum atomic E-state index is -0.821. The fraction of sp³-hybridized carbons (Fsp3) is 0.812. The van der Waals surface area contributed by atoms with Gasteiger partial charge in [0.15, 0.2) is 0 Å². The number of piperidine rings is 1. The highest BCUT2D eigenvalue weighted by Gasteiger charge is 2.50. The Kier molecular flexibility index (Phi) is 5.37. The molecule has 0 unspecified atom stereocenters. The molecule has 0 aromatic rings. The van der Waals surface area contributed by atoms with Gasteiger partial charge >= 0.3 is 12.1 Å². The number of hydrogen-bond donors (Lipinski definition) is 2. The second-order valence-electron chi connectivity index (χ2n) is 7.31. The maximum Gasteiger partial charge on any atom is 0.408 e. The van der Waals surface area contributed by atoms with Gasteiger partial charge in [-0.25, -0.2) is 9.59 Å². The van der Waals surface area contributed by atoms with Crippen LogP contribution in [0.1, 0.15) is 40.0 Å². The Balaban J connectivity index is 2.15. The van der Waals surface area contributed by atoms with E-state index in [1.54, 1.807) is 20.8 Å². The zero-order valence-corrected chi connectivity index (χ0v) is 14.6. The van der Waals surface area contributed by atoms with Crippen molar-refractivity contribution in [3.8, 4) is 0 Å². The maximum absolute atomic E-state index is 12.8. The molecule has 0 aliphatic carbocycles. The van der Waals surface area contributed by atoms with Gasteiger partial charge in [-0.2, -0.15) is 0 Å². The number of nitrogens with one attached hydrogen (secondary N) is 1. The van der Waals surface area contributed by atoms with Crippen LogP contribution in [-0.4, -0.2) is 65.4 Å². The fourth-order valence-electron chi connectivity index (χ4n) is 3.49. The number of esters is 1. The highest BCUT2D eigenvalue weighted by atomic mass is 16.6. The Morgan fingerprint density at radius 1 is 1.33 bits per heavy atom. The Hall–Kier alpha value is -1.83. The van der Waals surface area contributed by atoms with Gasteiger partial charge in [-0.3, -0.25) is 4.79 Å². The minimum Gasteiger partial charge on any atom is -0.467 e. The average Bonchev–Trinajstić information content (AvgIpc) is 2.92. The summed E-state index contributed by atoms with van der Waals surface area (Å²) in [5, 5.41) is 12.2. The van der Waals surface area contributed by atoms with Crippen molar-refractivity contribution in [3.05, 3.63) is 0 Å². The second kappa shape index (κ2) is 6.96. The normalized spacial score (nSPS) is 29.9. The minimum absolute atomic E-state index is 0.116. The van der Waals surface area contributed by atoms with Gasteiger partial charge in [0.05, 0.1) is 7.11 Å². The number of carbonyl (C=O) groups excluding carboxylic acids is 3. The first kappa shape index (κ1) is 18.5. The SMILES string of the molecule is COC(=O)[C@@H]1CC[C@@H]2[C@@H](CO)C[C@H](NC(=O)OC(C)(C)C)C(=O)N21. The number of rotatable bonds is 3. The number of ether oxygens (including phenoxy) is 2. The molecule has 2 amide bonds. The van der Waals surface area contributed by atoms with Crippen molar-refractivity contribution in [2.24, 2.45) is 5.92 Å². The predicted molar refractivity (Wildman–Crippen MR) is 84.0 cm³/mol. The number of aliphatic hydroxyl groups is 1. The van der Waals surface area contributed by atoms with Crippen LogP contribution in [0.3, 0.4) is 0 Å². The summed E-state index contributed by atoms with van der Waals surface area (Å²) in [7, 11) is 1.28. The van der Waals surface area contributed by atoms with E-state index >= 15 is 0 Å². The lowest BCUT2D eigenvalue weighted by atomic mass is 9.87. The smallest absolute Gasteiger partial charge is 0.408 e. The van der Waals surface area contributed by atoms with Crippen molar-refractivity contribution in [1.29, 1.82) is 0 Å². The van der Waals surface area contributed by atoms with Crippen LogP contribution in [0.4, 0.5) is 4.79 Å². The molecule has 0 bridgehead atoms. The first-order valence-electron chi connectivity index (χ1n) is 8.18. The van der Waals surface area contributed by atoms with Gasteiger partial charge < -0.3 is 24.8 Å². The quantitative estimate of drug-likeness (QED) is 0.721. The highest BCUT2D eigenvalue weighted by Crippen LogP contribution is 2.36. The zero-order valence-electron chi connectivity index (χ0n) is 14.6. The van der Waals surface area contributed by atoms with Crippen LogP contribution < -0.4 is 5.32 Å². The summed E-state index contributed by atoms with van der Waals surface area (Å²) in [5.41, 5.74) is -0.678. The first-order chi connectivity index (χ1) is 11.2. The molecule has 2 rings (SSSR count). The van der Waals surface area contributed by atoms with Crippen LogP contribution >= 0.6 is 0 Å². The van der Waals surface area contributed by atoms with Gasteiger partial charge in [0, 0.05) is 18.6 Å². The van der Waals surface area contributed by atoms with Gasteiger partial charge in [-0.05, 0) is 40.0 Å². The van der Waals surface area contributed by atoms with E-state index in [9.17, 15) is 19.5 Å². The van der Waals surface area contributed by atoms with Gasteiger partial charge in [0.2, 0.25) is 5.91 Å². The molecule has 2 aliphatic heterocycles. The zero-order chi connectivity index (χ0) is 18.1. The summed E-state index contributed by atoms with van der Waals surface area (Å²) >= 11 is 0. The Morgan fingerprint density at radius 3 is 2.54 bits per heavy atom. The molecule has 136 valence electrons. The van der Waals surface area contributed by atoms with E-state index in [0.29, 0.717) is 19.3 Å². The van der Waals surface area contributed by atoms with Crippen molar-refractivity contribution >= 4 is 18.0 Å². The molecule has 2 saturated heterocycles. The van der Waals surface area contributed by atoms with Crippen molar-refractivity contribution in [2.75, 3.05) is 13.7 Å². The standard InChI is InChI=1S/C16H26N2O6/c1-16(2,3)24-15(22)17-10-7-9(8-19)11-5-6-12(14(21)23-4)18(11)13(10)20/h9-12,19H,5-8H2,1-4H3,(H,17,22)/t9-,10+,11-,12+/m1/s1. The van der Waals surface area contributed by atoms with Crippen molar-refractivity contribution in [3.63, 3.8) is 0 Å². The number of nitrogens with zero attached hydrogens (tertiary/aromatic N) is 1. The summed E-state index contributed by atoms with van der Waals surface area (Å²) < 4.78 is 9.96. The molecule has 2 aliphatic rings. The van der Waals surface area contributed by atoms with Crippen molar-refractivity contribution in [1.82, 2.24) is 10.2 Å². The molecule has 0 radical (unpaired) electrons. The average molecular weight is 342 g/mol. The topological polar surface area (TPSA) is 105 Å². The molecule has 0 aromatic heterocycles. The van der Waals surface area contributed by atoms with E-state index in [1.165, 1.54) is 12.0 Å². The number of methoxy groups -OCH3 is 1. The Labute approximate surface area is 141 Å². The number of carbonyl (C=O) groups is 3. The molecule has 0 saturated carbocycles. The largest absolute Gasteiger partial charge is 0.467 e. The van der Waals surface area contributed by atoms with Crippen LogP contribution in [0.25, 0.3) is 0 Å². The van der Waals surface area contributed by atoms with E-state index in [4.69, 9.17) is 9.47 Å². The van der Waals surface area contributed by atoms with E-state index in [-0.39, 0.29) is 24.5 Å². The number of fused-ring (bicyclic) bond motifs is 1. The van der Waals surface area contributed by atoms with Crippen molar-refractivity contribution < 1.29 is 29.0 Å². The summed E-state index contributed by atoms with van der Waals surface area (Å²) in [6, 6.07) is -1.69. The first-order valence-corrected chi connectivity index (χ1v) is 8.18. The Bertz CT molecular complexity index is 515. The summed E-state index contributed by atoms with van der Waals surface area (Å²) in [5.74, 6) is -0.999. The number of amides is 2. The number of aliphatic hydroxyl groups excluding tert-OH is 1. The monoisotopic (exact) mass is 342 g/mol. The Morgan fingerprint density at radius 2 is 2.00 bits per heavy atom. The molecular formula is C16H26N2O6. The molecular weight excluding hydrogens is 316 g/mol. The molecule has 2 fully saturated rings. The number of hydrogen-bond acceptors (Lipinski definition) is 6. The van der Waals surface area contributed by atoms with E-state index < -0.39 is 29.7 Å². The van der Waals surface area contributed by atoms with E-state index in [2.05, 4.69) is 5.32 Å². The molecule has 2 heterocycles. The predicted octanol–water partition coefficient (Wildman–Crippen LogP) is 0.424. The van der Waals surface area contributed by atoms with Crippen LogP contribution in [-0.2, 0) is 19.1 Å². The molecule has 8 nitrogen and oxygen atoms in total. The van der Waals surface area contributed by atoms with Crippen LogP contribution in [0.2, 0.25) is 0 Å². The van der Waals surface area contributed by atoms with Crippen LogP contribution in [0, 0.1) is 5.92 Å². The molecule has 0 spiro atoms. The summed E-state index contributed by atoms with van der Waals surface area (Å²) in [4.78, 5) is 38.1. The third-order valence-electron chi connectivity index (χ3n) is 4.46. The fourth-order valence-corrected chi connectivity index (χ4v) is 3.49. The molecule has 0 aromatic carbocycles. The molecule has 2 N–H and O–H groups in total. The second-order valence-corrected chi connectivity index (χ2v) is 7.31. The van der Waals surface area contributed by atoms with Gasteiger partial charge in [0.25, 0.3) is 0 Å². The van der Waals surface area contributed by atoms with Crippen LogP contribution in [0.15, 0.2) is 0 Å². The van der Waals surface area contributed by atoms with Crippen molar-refractivity contribution in [2.45, 2.75) is 63.8 Å². The van der Waals surface area contributed by atoms with Crippen LogP contribution in [0.5, 0.6) is 0 Å². The molecule has 24 heavy (non-hydrogen) atoms. The van der Waals surface area contributed by atoms with E-state index in [0.717, 1.165) is 0 Å². The third-order valence-corrected chi connectivity index (χ3v) is 4.46. The van der Waals surface area contributed by atoms with Gasteiger partial charge in [-0.15, -0.1) is 0 Å². The molecule has 4 atom stereocenters. The molecule has 8 heteroatoms. The third kappa shape index (κ3) is 3.80. The summed E-state index contributed by atoms with van der Waals surface area (Å²) in [6.45, 7) is 5.08. The lowest BCUT2D eigenvalue weighted by Gasteiger charge is -2.41. The number of alkyl carbamates (subject to hydrolysis) is 1. The highest BCUT2D eigenvalue weighted by molar-refractivity contribution is 5.91. The lowest BCUT2D eigenvalue weighted by molar-refractivity contribution is -0.156. The van der Waals surface area contributed by atoms with E-state index in [1.807, 2.05) is 0 Å². The lowest BCUT2D eigenvalue weighted by Crippen LogP contribution is -2.61. The maximum atomic E-state index is 12.8.